The van der Waals surface area contributed by atoms with Gasteiger partial charge >= 0.3 is 0 Å². The van der Waals surface area contributed by atoms with Gasteiger partial charge in [0.05, 0.1) is 0 Å². The summed E-state index contributed by atoms with van der Waals surface area (Å²) < 4.78 is 29.7. The maximum atomic E-state index is 11.4. The van der Waals surface area contributed by atoms with E-state index in [4.69, 9.17) is 15.4 Å². The molecule has 1 aliphatic carbocycles. The second kappa shape index (κ2) is 3.93. The summed E-state index contributed by atoms with van der Waals surface area (Å²) in [4.78, 5) is 0. The van der Waals surface area contributed by atoms with Crippen LogP contribution in [0.25, 0.3) is 0 Å². The molecule has 1 aromatic heterocycles. The van der Waals surface area contributed by atoms with Gasteiger partial charge in [0, 0.05) is 23.8 Å². The summed E-state index contributed by atoms with van der Waals surface area (Å²) in [7, 11) is 3.01. The first-order valence-corrected chi connectivity index (χ1v) is 7.53. The normalized spacial score (nSPS) is 17.4. The van der Waals surface area contributed by atoms with Gasteiger partial charge in [-0.05, 0) is 26.7 Å². The molecule has 1 fully saturated rings. The summed E-state index contributed by atoms with van der Waals surface area (Å²) in [6.45, 7) is 3.61. The smallest absolute Gasteiger partial charge is 0.296 e. The van der Waals surface area contributed by atoms with Crippen molar-refractivity contribution >= 4 is 19.7 Å². The Morgan fingerprint density at radius 2 is 2.00 bits per heavy atom. The van der Waals surface area contributed by atoms with Gasteiger partial charge < -0.3 is 4.74 Å². The first kappa shape index (κ1) is 12.8. The van der Waals surface area contributed by atoms with Crippen molar-refractivity contribution in [1.82, 2.24) is 14.8 Å². The average molecular weight is 280 g/mol. The number of halogens is 1. The van der Waals surface area contributed by atoms with Crippen LogP contribution in [0.5, 0.6) is 0 Å². The highest BCUT2D eigenvalue weighted by Gasteiger charge is 2.38. The second-order valence-corrected chi connectivity index (χ2v) is 7.02. The van der Waals surface area contributed by atoms with Crippen molar-refractivity contribution in [2.45, 2.75) is 43.5 Å². The molecule has 0 aliphatic heterocycles. The Bertz CT molecular complexity index is 534. The average Bonchev–Trinajstić information content (AvgIpc) is 2.94. The molecule has 2 rings (SSSR count). The van der Waals surface area contributed by atoms with Crippen molar-refractivity contribution in [3.63, 3.8) is 0 Å². The first-order valence-electron chi connectivity index (χ1n) is 5.22. The summed E-state index contributed by atoms with van der Waals surface area (Å²) >= 11 is 0. The quantitative estimate of drug-likeness (QED) is 0.779. The Labute approximate surface area is 104 Å². The molecule has 0 radical (unpaired) electrons. The number of ether oxygens (including phenoxy) is 1. The topological polar surface area (TPSA) is 74.1 Å². The molecule has 1 aromatic rings. The molecule has 0 atom stereocenters. The van der Waals surface area contributed by atoms with E-state index in [1.165, 1.54) is 0 Å². The van der Waals surface area contributed by atoms with Gasteiger partial charge in [-0.1, -0.05) is 0 Å². The van der Waals surface area contributed by atoms with E-state index in [0.717, 1.165) is 12.8 Å². The minimum atomic E-state index is -3.88. The molecule has 17 heavy (non-hydrogen) atoms. The van der Waals surface area contributed by atoms with E-state index in [1.54, 1.807) is 25.5 Å². The molecule has 0 bridgehead atoms. The first-order chi connectivity index (χ1) is 7.77. The number of methoxy groups -OCH3 is 1. The lowest BCUT2D eigenvalue weighted by atomic mass is 10.1. The van der Waals surface area contributed by atoms with Gasteiger partial charge in [-0.2, -0.15) is 0 Å². The lowest BCUT2D eigenvalue weighted by Gasteiger charge is -2.22. The lowest BCUT2D eigenvalue weighted by molar-refractivity contribution is 0.00771. The van der Waals surface area contributed by atoms with E-state index < -0.39 is 14.7 Å². The van der Waals surface area contributed by atoms with E-state index in [-0.39, 0.29) is 11.2 Å². The number of nitrogens with zero attached hydrogens (tertiary/aromatic N) is 3. The van der Waals surface area contributed by atoms with Gasteiger partial charge in [0.2, 0.25) is 0 Å². The highest BCUT2D eigenvalue weighted by atomic mass is 35.7. The Hall–Kier alpha value is -0.660. The van der Waals surface area contributed by atoms with Crippen molar-refractivity contribution in [1.29, 1.82) is 0 Å². The van der Waals surface area contributed by atoms with Crippen LogP contribution < -0.4 is 0 Å². The summed E-state index contributed by atoms with van der Waals surface area (Å²) in [5.41, 5.74) is -0.699. The summed E-state index contributed by atoms with van der Waals surface area (Å²) in [6, 6.07) is 0.109. The summed E-state index contributed by atoms with van der Waals surface area (Å²) in [6.07, 6.45) is 1.81. The van der Waals surface area contributed by atoms with Gasteiger partial charge in [-0.3, -0.25) is 4.57 Å². The Morgan fingerprint density at radius 1 is 1.41 bits per heavy atom. The molecule has 0 amide bonds. The van der Waals surface area contributed by atoms with Crippen LogP contribution in [0.2, 0.25) is 0 Å². The Kier molecular flexibility index (Phi) is 2.95. The molecule has 0 saturated heterocycles. The van der Waals surface area contributed by atoms with Gasteiger partial charge in [-0.25, -0.2) is 8.42 Å². The zero-order valence-corrected chi connectivity index (χ0v) is 11.4. The van der Waals surface area contributed by atoms with Crippen LogP contribution in [-0.2, 0) is 19.4 Å². The molecule has 1 heterocycles. The fraction of sp³-hybridized carbons (Fsp3) is 0.778. The molecular formula is C9H14ClN3O3S. The van der Waals surface area contributed by atoms with E-state index in [9.17, 15) is 8.42 Å². The van der Waals surface area contributed by atoms with E-state index in [2.05, 4.69) is 10.2 Å². The summed E-state index contributed by atoms with van der Waals surface area (Å²) in [5, 5.41) is 7.39. The Morgan fingerprint density at radius 3 is 2.41 bits per heavy atom. The molecule has 6 nitrogen and oxygen atoms in total. The van der Waals surface area contributed by atoms with Crippen LogP contribution >= 0.6 is 10.7 Å². The zero-order valence-electron chi connectivity index (χ0n) is 9.84. The molecule has 0 unspecified atom stereocenters. The van der Waals surface area contributed by atoms with Crippen molar-refractivity contribution in [2.75, 3.05) is 7.11 Å². The molecule has 96 valence electrons. The standard InChI is InChI=1S/C9H14ClN3O3S/c1-9(2,16-3)7-11-12-8(17(10,14)15)13(7)6-4-5-6/h6H,4-5H2,1-3H3. The van der Waals surface area contributed by atoms with Crippen molar-refractivity contribution < 1.29 is 13.2 Å². The fourth-order valence-electron chi connectivity index (χ4n) is 1.61. The van der Waals surface area contributed by atoms with Crippen molar-refractivity contribution in [2.24, 2.45) is 0 Å². The third-order valence-electron chi connectivity index (χ3n) is 2.84. The number of hydrogen-bond acceptors (Lipinski definition) is 5. The predicted molar refractivity (Wildman–Crippen MR) is 61.4 cm³/mol. The number of rotatable bonds is 4. The molecule has 0 aromatic carbocycles. The monoisotopic (exact) mass is 279 g/mol. The van der Waals surface area contributed by atoms with Gasteiger partial charge in [-0.15, -0.1) is 10.2 Å². The van der Waals surface area contributed by atoms with Gasteiger partial charge in [0.15, 0.2) is 5.82 Å². The van der Waals surface area contributed by atoms with Crippen LogP contribution in [0.15, 0.2) is 5.16 Å². The van der Waals surface area contributed by atoms with E-state index in [0.29, 0.717) is 5.82 Å². The summed E-state index contributed by atoms with van der Waals surface area (Å²) in [5.74, 6) is 0.488. The zero-order chi connectivity index (χ0) is 12.8. The van der Waals surface area contributed by atoms with Gasteiger partial charge in [0.1, 0.15) is 5.60 Å². The molecule has 0 N–H and O–H groups in total. The molecular weight excluding hydrogens is 266 g/mol. The highest BCUT2D eigenvalue weighted by molar-refractivity contribution is 8.13. The third kappa shape index (κ3) is 2.31. The third-order valence-corrected chi connectivity index (χ3v) is 3.97. The predicted octanol–water partition coefficient (Wildman–Crippen LogP) is 1.42. The molecule has 0 spiro atoms. The van der Waals surface area contributed by atoms with E-state index in [1.807, 2.05) is 0 Å². The molecule has 1 saturated carbocycles. The van der Waals surface area contributed by atoms with Crippen molar-refractivity contribution in [3.8, 4) is 0 Å². The molecule has 1 aliphatic rings. The minimum absolute atomic E-state index is 0.109. The van der Waals surface area contributed by atoms with Crippen molar-refractivity contribution in [3.05, 3.63) is 5.82 Å². The van der Waals surface area contributed by atoms with Crippen LogP contribution in [0.4, 0.5) is 0 Å². The van der Waals surface area contributed by atoms with Crippen LogP contribution in [-0.4, -0.2) is 30.3 Å². The maximum Gasteiger partial charge on any atom is 0.296 e. The second-order valence-electron chi connectivity index (χ2n) is 4.56. The fourth-order valence-corrected chi connectivity index (χ4v) is 2.53. The largest absolute Gasteiger partial charge is 0.371 e. The number of aromatic nitrogens is 3. The van der Waals surface area contributed by atoms with E-state index >= 15 is 0 Å². The minimum Gasteiger partial charge on any atom is -0.371 e. The van der Waals surface area contributed by atoms with Gasteiger partial charge in [0.25, 0.3) is 14.2 Å². The maximum absolute atomic E-state index is 11.4. The van der Waals surface area contributed by atoms with Crippen LogP contribution in [0.3, 0.4) is 0 Å². The van der Waals surface area contributed by atoms with Crippen LogP contribution in [0.1, 0.15) is 38.6 Å². The highest BCUT2D eigenvalue weighted by Crippen LogP contribution is 2.40. The number of hydrogen-bond donors (Lipinski definition) is 0. The Balaban J connectivity index is 2.59. The van der Waals surface area contributed by atoms with Crippen LogP contribution in [0, 0.1) is 0 Å². The SMILES string of the molecule is COC(C)(C)c1nnc(S(=O)(=O)Cl)n1C1CC1. The lowest BCUT2D eigenvalue weighted by Crippen LogP contribution is -2.25. The molecule has 8 heteroatoms.